The van der Waals surface area contributed by atoms with Crippen molar-refractivity contribution in [2.75, 3.05) is 7.11 Å². The molecule has 0 aromatic carbocycles. The number of Topliss-reactive ketones (excluding diaryl/α,β-unsaturated/α-hetero) is 1. The average Bonchev–Trinajstić information content (AvgIpc) is 2.50. The van der Waals surface area contributed by atoms with E-state index in [2.05, 4.69) is 4.74 Å². The Hall–Kier alpha value is -0.172. The van der Waals surface area contributed by atoms with E-state index in [-0.39, 0.29) is 44.7 Å². The fourth-order valence-corrected chi connectivity index (χ4v) is 1.65. The van der Waals surface area contributed by atoms with Gasteiger partial charge in [-0.1, -0.05) is 0 Å². The van der Waals surface area contributed by atoms with Crippen molar-refractivity contribution < 1.29 is 35.4 Å². The van der Waals surface area contributed by atoms with Crippen molar-refractivity contribution >= 4 is 11.8 Å². The molecule has 0 aromatic rings. The molecule has 0 amide bonds. The first kappa shape index (κ1) is 12.8. The van der Waals surface area contributed by atoms with Crippen LogP contribution < -0.4 is 0 Å². The first-order valence-electron chi connectivity index (χ1n) is 4.06. The summed E-state index contributed by atoms with van der Waals surface area (Å²) in [6.07, 6.45) is 3.37. The Balaban J connectivity index is 0.00000144. The molecule has 74 valence electrons. The largest absolute Gasteiger partial charge is 0.469 e. The van der Waals surface area contributed by atoms with E-state index in [0.717, 1.165) is 6.42 Å². The van der Waals surface area contributed by atoms with Gasteiger partial charge in [-0.2, -0.15) is 12.8 Å². The summed E-state index contributed by atoms with van der Waals surface area (Å²) in [6.45, 7) is 1.53. The van der Waals surface area contributed by atoms with Crippen molar-refractivity contribution in [2.24, 2.45) is 11.8 Å². The molecule has 0 aliphatic heterocycles. The molecule has 0 N–H and O–H groups in total. The molecule has 0 heterocycles. The first-order chi connectivity index (χ1) is 5.66. The quantitative estimate of drug-likeness (QED) is 0.549. The van der Waals surface area contributed by atoms with Crippen LogP contribution in [0.15, 0.2) is 0 Å². The van der Waals surface area contributed by atoms with Gasteiger partial charge in [0.2, 0.25) is 0 Å². The molecule has 1 saturated carbocycles. The zero-order chi connectivity index (χ0) is 9.14. The zero-order valence-corrected chi connectivity index (χ0v) is 10.7. The number of rotatable bonds is 2. The monoisotopic (exact) mass is 353 g/mol. The molecule has 1 fully saturated rings. The summed E-state index contributed by atoms with van der Waals surface area (Å²) in [6, 6.07) is 0. The van der Waals surface area contributed by atoms with Gasteiger partial charge in [0.1, 0.15) is 5.78 Å². The molecule has 13 heavy (non-hydrogen) atoms. The maximum atomic E-state index is 11.1. The molecular formula is C9H13O3W-. The van der Waals surface area contributed by atoms with Gasteiger partial charge in [-0.05, 0) is 6.92 Å². The summed E-state index contributed by atoms with van der Waals surface area (Å²) in [4.78, 5) is 22.2. The van der Waals surface area contributed by atoms with E-state index in [1.165, 1.54) is 14.0 Å². The zero-order valence-electron chi connectivity index (χ0n) is 7.78. The van der Waals surface area contributed by atoms with Crippen molar-refractivity contribution in [3.8, 4) is 0 Å². The maximum Gasteiger partial charge on any atom is 0.306 e. The summed E-state index contributed by atoms with van der Waals surface area (Å²) in [7, 11) is 1.36. The standard InChI is InChI=1S/C9H13O3.W/c1-6(10)7-4-3-5-8(7)9(11)12-2;/h3,7-8H,4-5H2,1-2H3;/q-1;. The van der Waals surface area contributed by atoms with Crippen LogP contribution in [0, 0.1) is 18.3 Å². The number of ketones is 1. The van der Waals surface area contributed by atoms with E-state index in [4.69, 9.17) is 0 Å². The fraction of sp³-hybridized carbons (Fsp3) is 0.667. The molecule has 0 radical (unpaired) electrons. The number of methoxy groups -OCH3 is 1. The summed E-state index contributed by atoms with van der Waals surface area (Å²) >= 11 is 0. The molecule has 1 aliphatic rings. The van der Waals surface area contributed by atoms with Gasteiger partial charge >= 0.3 is 5.97 Å². The predicted molar refractivity (Wildman–Crippen MR) is 43.2 cm³/mol. The van der Waals surface area contributed by atoms with Crippen LogP contribution in [-0.4, -0.2) is 18.9 Å². The van der Waals surface area contributed by atoms with E-state index in [1.54, 1.807) is 0 Å². The molecule has 0 saturated heterocycles. The van der Waals surface area contributed by atoms with Crippen molar-refractivity contribution in [1.82, 2.24) is 0 Å². The van der Waals surface area contributed by atoms with E-state index in [9.17, 15) is 9.59 Å². The molecule has 1 aliphatic carbocycles. The van der Waals surface area contributed by atoms with Crippen LogP contribution in [-0.2, 0) is 35.4 Å². The molecular weight excluding hydrogens is 340 g/mol. The van der Waals surface area contributed by atoms with Gasteiger partial charge in [-0.15, -0.1) is 0 Å². The van der Waals surface area contributed by atoms with Crippen LogP contribution in [0.2, 0.25) is 0 Å². The van der Waals surface area contributed by atoms with Gasteiger partial charge in [0, 0.05) is 32.9 Å². The number of hydrogen-bond donors (Lipinski definition) is 0. The van der Waals surface area contributed by atoms with Crippen LogP contribution in [0.25, 0.3) is 0 Å². The Kier molecular flexibility index (Phi) is 5.46. The number of esters is 1. The van der Waals surface area contributed by atoms with E-state index in [1.807, 2.05) is 6.42 Å². The molecule has 1 rings (SSSR count). The van der Waals surface area contributed by atoms with Crippen LogP contribution in [0.5, 0.6) is 0 Å². The summed E-state index contributed by atoms with van der Waals surface area (Å²) in [5.41, 5.74) is 0. The average molecular weight is 353 g/mol. The van der Waals surface area contributed by atoms with Crippen LogP contribution in [0.3, 0.4) is 0 Å². The Morgan fingerprint density at radius 3 is 2.31 bits per heavy atom. The third-order valence-corrected chi connectivity index (χ3v) is 2.35. The summed E-state index contributed by atoms with van der Waals surface area (Å²) in [5, 5.41) is 0. The summed E-state index contributed by atoms with van der Waals surface area (Å²) in [5.74, 6) is -0.548. The third-order valence-electron chi connectivity index (χ3n) is 2.35. The summed E-state index contributed by atoms with van der Waals surface area (Å²) < 4.78 is 4.60. The van der Waals surface area contributed by atoms with Gasteiger partial charge in [0.05, 0.1) is 7.11 Å². The minimum atomic E-state index is -0.260. The Bertz CT molecular complexity index is 203. The van der Waals surface area contributed by atoms with Crippen molar-refractivity contribution in [3.05, 3.63) is 6.42 Å². The normalized spacial score (nSPS) is 26.3. The van der Waals surface area contributed by atoms with Crippen molar-refractivity contribution in [3.63, 3.8) is 0 Å². The number of carbonyl (C=O) groups excluding carboxylic acids is 2. The predicted octanol–water partition coefficient (Wildman–Crippen LogP) is 0.976. The van der Waals surface area contributed by atoms with Gasteiger partial charge < -0.3 is 11.2 Å². The second kappa shape index (κ2) is 5.54. The molecule has 2 unspecified atom stereocenters. The second-order valence-electron chi connectivity index (χ2n) is 3.11. The maximum absolute atomic E-state index is 11.1. The van der Waals surface area contributed by atoms with Crippen LogP contribution >= 0.6 is 0 Å². The van der Waals surface area contributed by atoms with Crippen molar-refractivity contribution in [1.29, 1.82) is 0 Å². The molecule has 0 bridgehead atoms. The Labute approximate surface area is 92.5 Å². The van der Waals surface area contributed by atoms with Gasteiger partial charge in [-0.25, -0.2) is 0 Å². The topological polar surface area (TPSA) is 43.4 Å². The second-order valence-corrected chi connectivity index (χ2v) is 3.11. The van der Waals surface area contributed by atoms with Gasteiger partial charge in [0.15, 0.2) is 0 Å². The minimum Gasteiger partial charge on any atom is -0.469 e. The van der Waals surface area contributed by atoms with Crippen LogP contribution in [0.4, 0.5) is 0 Å². The smallest absolute Gasteiger partial charge is 0.306 e. The molecule has 3 nitrogen and oxygen atoms in total. The Morgan fingerprint density at radius 2 is 1.85 bits per heavy atom. The first-order valence-corrected chi connectivity index (χ1v) is 4.06. The fourth-order valence-electron chi connectivity index (χ4n) is 1.65. The number of ether oxygens (including phenoxy) is 1. The van der Waals surface area contributed by atoms with E-state index >= 15 is 0 Å². The number of hydrogen-bond acceptors (Lipinski definition) is 3. The van der Waals surface area contributed by atoms with Crippen molar-refractivity contribution in [2.45, 2.75) is 19.8 Å². The molecule has 0 spiro atoms. The van der Waals surface area contributed by atoms with E-state index < -0.39 is 0 Å². The minimum absolute atomic E-state index is 0. The molecule has 0 aromatic heterocycles. The van der Waals surface area contributed by atoms with E-state index in [0.29, 0.717) is 6.42 Å². The third kappa shape index (κ3) is 2.91. The van der Waals surface area contributed by atoms with Gasteiger partial charge in [0.25, 0.3) is 0 Å². The van der Waals surface area contributed by atoms with Gasteiger partial charge in [-0.3, -0.25) is 9.59 Å². The van der Waals surface area contributed by atoms with Crippen LogP contribution in [0.1, 0.15) is 19.8 Å². The molecule has 2 atom stereocenters. The number of carbonyl (C=O) groups is 2. The SMILES string of the molecule is COC(=O)C1C[CH-]CC1C(C)=O.[W]. The Morgan fingerprint density at radius 1 is 1.31 bits per heavy atom. The molecule has 4 heteroatoms.